The van der Waals surface area contributed by atoms with Gasteiger partial charge in [-0.05, 0) is 11.1 Å². The lowest BCUT2D eigenvalue weighted by atomic mass is 9.59. The summed E-state index contributed by atoms with van der Waals surface area (Å²) >= 11 is 0. The molecule has 1 fully saturated rings. The minimum Gasteiger partial charge on any atom is -0.300 e. The van der Waals surface area contributed by atoms with Crippen LogP contribution >= 0.6 is 0 Å². The molecular formula is C22H18N2O. The highest BCUT2D eigenvalue weighted by molar-refractivity contribution is 5.82. The molecule has 0 unspecified atom stereocenters. The average molecular weight is 326 g/mol. The van der Waals surface area contributed by atoms with Crippen LogP contribution < -0.4 is 0 Å². The quantitative estimate of drug-likeness (QED) is 0.834. The van der Waals surface area contributed by atoms with Crippen molar-refractivity contribution in [2.24, 2.45) is 11.3 Å². The molecule has 0 aliphatic heterocycles. The van der Waals surface area contributed by atoms with Gasteiger partial charge in [-0.3, -0.25) is 4.79 Å². The smallest absolute Gasteiger partial charge is 0.157 e. The Labute approximate surface area is 147 Å². The van der Waals surface area contributed by atoms with Crippen LogP contribution in [-0.2, 0) is 4.79 Å². The van der Waals surface area contributed by atoms with E-state index in [1.807, 2.05) is 72.8 Å². The lowest BCUT2D eigenvalue weighted by Gasteiger charge is -2.38. The van der Waals surface area contributed by atoms with Gasteiger partial charge in [0, 0.05) is 24.7 Å². The van der Waals surface area contributed by atoms with E-state index in [1.54, 1.807) is 0 Å². The minimum absolute atomic E-state index is 0.0951. The first-order valence-electron chi connectivity index (χ1n) is 8.32. The monoisotopic (exact) mass is 326 g/mol. The second-order valence-corrected chi connectivity index (χ2v) is 6.38. The van der Waals surface area contributed by atoms with Crippen LogP contribution in [0.5, 0.6) is 0 Å². The van der Waals surface area contributed by atoms with Gasteiger partial charge in [-0.25, -0.2) is 0 Å². The number of ketones is 1. The molecule has 122 valence electrons. The molecule has 0 N–H and O–H groups in total. The van der Waals surface area contributed by atoms with Gasteiger partial charge >= 0.3 is 0 Å². The number of nitriles is 2. The molecule has 3 rings (SSSR count). The van der Waals surface area contributed by atoms with E-state index in [1.165, 1.54) is 0 Å². The standard InChI is InChI=1S/C22H18N2O/c23-15-22(16-24)19(12-11-17-7-3-1-4-8-17)13-20(25)14-21(22)18-9-5-2-6-10-18/h1-12,19,21H,13-14H2/b12-11+/t19-,21+/m1/s1. The summed E-state index contributed by atoms with van der Waals surface area (Å²) in [4.78, 5) is 12.3. The number of benzene rings is 2. The second-order valence-electron chi connectivity index (χ2n) is 6.38. The number of carbonyl (C=O) groups excluding carboxylic acids is 1. The van der Waals surface area contributed by atoms with Crippen LogP contribution in [0.1, 0.15) is 29.9 Å². The van der Waals surface area contributed by atoms with E-state index < -0.39 is 17.3 Å². The summed E-state index contributed by atoms with van der Waals surface area (Å²) in [7, 11) is 0. The predicted molar refractivity (Wildman–Crippen MR) is 96.0 cm³/mol. The average Bonchev–Trinajstić information content (AvgIpc) is 2.67. The maximum atomic E-state index is 12.3. The fourth-order valence-corrected chi connectivity index (χ4v) is 3.56. The van der Waals surface area contributed by atoms with Gasteiger partial charge < -0.3 is 0 Å². The zero-order chi connectivity index (χ0) is 17.7. The van der Waals surface area contributed by atoms with E-state index in [2.05, 4.69) is 12.1 Å². The number of nitrogens with zero attached hydrogens (tertiary/aromatic N) is 2. The van der Waals surface area contributed by atoms with Gasteiger partial charge in [0.2, 0.25) is 0 Å². The number of Topliss-reactive ketones (excluding diaryl/α,β-unsaturated/α-hetero) is 1. The first-order chi connectivity index (χ1) is 12.2. The van der Waals surface area contributed by atoms with Gasteiger partial charge in [0.05, 0.1) is 12.1 Å². The molecule has 0 heterocycles. The Morgan fingerprint density at radius 2 is 1.52 bits per heavy atom. The summed E-state index contributed by atoms with van der Waals surface area (Å²) in [6.45, 7) is 0. The Bertz CT molecular complexity index is 842. The maximum absolute atomic E-state index is 12.3. The third kappa shape index (κ3) is 3.23. The van der Waals surface area contributed by atoms with E-state index in [0.29, 0.717) is 0 Å². The molecule has 2 aromatic rings. The summed E-state index contributed by atoms with van der Waals surface area (Å²) in [5.41, 5.74) is 0.624. The summed E-state index contributed by atoms with van der Waals surface area (Å²) in [5, 5.41) is 19.8. The van der Waals surface area contributed by atoms with Crippen LogP contribution in [0.25, 0.3) is 6.08 Å². The second kappa shape index (κ2) is 7.16. The molecule has 3 heteroatoms. The Morgan fingerprint density at radius 1 is 0.920 bits per heavy atom. The predicted octanol–water partition coefficient (Wildman–Crippen LogP) is 4.50. The van der Waals surface area contributed by atoms with Crippen molar-refractivity contribution in [2.45, 2.75) is 18.8 Å². The van der Waals surface area contributed by atoms with Gasteiger partial charge in [-0.1, -0.05) is 72.8 Å². The highest BCUT2D eigenvalue weighted by Gasteiger charge is 2.51. The number of hydrogen-bond donors (Lipinski definition) is 0. The third-order valence-electron chi connectivity index (χ3n) is 4.91. The zero-order valence-corrected chi connectivity index (χ0v) is 13.8. The maximum Gasteiger partial charge on any atom is 0.157 e. The largest absolute Gasteiger partial charge is 0.300 e. The van der Waals surface area contributed by atoms with Crippen molar-refractivity contribution in [3.63, 3.8) is 0 Å². The zero-order valence-electron chi connectivity index (χ0n) is 13.8. The molecule has 0 amide bonds. The van der Waals surface area contributed by atoms with E-state index >= 15 is 0 Å². The lowest BCUT2D eigenvalue weighted by molar-refractivity contribution is -0.123. The van der Waals surface area contributed by atoms with Gasteiger partial charge in [0.25, 0.3) is 0 Å². The number of carbonyl (C=O) groups is 1. The Kier molecular flexibility index (Phi) is 4.78. The summed E-state index contributed by atoms with van der Waals surface area (Å²) < 4.78 is 0. The minimum atomic E-state index is -1.24. The Hall–Kier alpha value is -3.17. The van der Waals surface area contributed by atoms with Crippen molar-refractivity contribution in [1.82, 2.24) is 0 Å². The molecular weight excluding hydrogens is 308 g/mol. The molecule has 1 aliphatic rings. The number of hydrogen-bond acceptors (Lipinski definition) is 3. The molecule has 25 heavy (non-hydrogen) atoms. The van der Waals surface area contributed by atoms with Crippen LogP contribution in [0.15, 0.2) is 66.7 Å². The summed E-state index contributed by atoms with van der Waals surface area (Å²) in [6, 6.07) is 23.7. The van der Waals surface area contributed by atoms with E-state index in [4.69, 9.17) is 0 Å². The summed E-state index contributed by atoms with van der Waals surface area (Å²) in [6.07, 6.45) is 4.22. The van der Waals surface area contributed by atoms with Crippen LogP contribution in [0.3, 0.4) is 0 Å². The van der Waals surface area contributed by atoms with Gasteiger partial charge in [0.1, 0.15) is 5.78 Å². The molecule has 2 atom stereocenters. The topological polar surface area (TPSA) is 64.7 Å². The molecule has 2 aromatic carbocycles. The molecule has 0 radical (unpaired) electrons. The van der Waals surface area contributed by atoms with E-state index in [0.717, 1.165) is 11.1 Å². The molecule has 3 nitrogen and oxygen atoms in total. The number of allylic oxidation sites excluding steroid dienone is 1. The van der Waals surface area contributed by atoms with Crippen molar-refractivity contribution in [3.8, 4) is 12.1 Å². The molecule has 0 saturated heterocycles. The molecule has 0 bridgehead atoms. The van der Waals surface area contributed by atoms with Crippen LogP contribution in [0.4, 0.5) is 0 Å². The SMILES string of the molecule is N#CC1(C#N)[C@H](/C=C/c2ccccc2)CC(=O)C[C@H]1c1ccccc1. The van der Waals surface area contributed by atoms with E-state index in [-0.39, 0.29) is 18.6 Å². The van der Waals surface area contributed by atoms with Crippen molar-refractivity contribution < 1.29 is 4.79 Å². The van der Waals surface area contributed by atoms with Crippen molar-refractivity contribution in [3.05, 3.63) is 77.9 Å². The van der Waals surface area contributed by atoms with Crippen molar-refractivity contribution >= 4 is 11.9 Å². The van der Waals surface area contributed by atoms with Crippen LogP contribution in [-0.4, -0.2) is 5.78 Å². The first-order valence-corrected chi connectivity index (χ1v) is 8.32. The molecule has 1 saturated carbocycles. The number of rotatable bonds is 3. The van der Waals surface area contributed by atoms with Crippen molar-refractivity contribution in [2.75, 3.05) is 0 Å². The van der Waals surface area contributed by atoms with Crippen LogP contribution in [0.2, 0.25) is 0 Å². The van der Waals surface area contributed by atoms with Gasteiger partial charge in [0.15, 0.2) is 5.41 Å². The Balaban J connectivity index is 2.02. The fourth-order valence-electron chi connectivity index (χ4n) is 3.56. The first kappa shape index (κ1) is 16.7. The highest BCUT2D eigenvalue weighted by Crippen LogP contribution is 2.49. The lowest BCUT2D eigenvalue weighted by Crippen LogP contribution is -2.40. The van der Waals surface area contributed by atoms with Crippen molar-refractivity contribution in [1.29, 1.82) is 10.5 Å². The molecule has 0 aromatic heterocycles. The summed E-state index contributed by atoms with van der Waals surface area (Å²) in [5.74, 6) is -0.734. The van der Waals surface area contributed by atoms with Gasteiger partial charge in [-0.2, -0.15) is 10.5 Å². The third-order valence-corrected chi connectivity index (χ3v) is 4.91. The Morgan fingerprint density at radius 3 is 2.12 bits per heavy atom. The van der Waals surface area contributed by atoms with Gasteiger partial charge in [-0.15, -0.1) is 0 Å². The van der Waals surface area contributed by atoms with Crippen LogP contribution in [0, 0.1) is 34.0 Å². The van der Waals surface area contributed by atoms with E-state index in [9.17, 15) is 15.3 Å². The fraction of sp³-hybridized carbons (Fsp3) is 0.227. The molecule has 0 spiro atoms. The normalized spacial score (nSPS) is 22.2. The highest BCUT2D eigenvalue weighted by atomic mass is 16.1. The molecule has 1 aliphatic carbocycles.